The molecule has 0 amide bonds. The van der Waals surface area contributed by atoms with Crippen molar-refractivity contribution in [2.24, 2.45) is 0 Å². The van der Waals surface area contributed by atoms with E-state index in [0.717, 1.165) is 19.6 Å². The number of nitrogens with zero attached hydrogens (tertiary/aromatic N) is 1. The SMILES string of the molecule is ClCC1CN2CCOB(OCC2)O1. The van der Waals surface area contributed by atoms with Crippen LogP contribution in [0.2, 0.25) is 0 Å². The second kappa shape index (κ2) is 4.62. The summed E-state index contributed by atoms with van der Waals surface area (Å²) in [6, 6.07) is 0. The smallest absolute Gasteiger partial charge is 0.385 e. The number of hydrogen-bond acceptors (Lipinski definition) is 4. The third-order valence-electron chi connectivity index (χ3n) is 2.26. The van der Waals surface area contributed by atoms with E-state index in [4.69, 9.17) is 25.6 Å². The lowest BCUT2D eigenvalue weighted by atomic mass is 10.1. The highest BCUT2D eigenvalue weighted by molar-refractivity contribution is 6.36. The molecule has 0 aromatic carbocycles. The molecule has 4 nitrogen and oxygen atoms in total. The molecule has 3 saturated heterocycles. The lowest BCUT2D eigenvalue weighted by Crippen LogP contribution is -2.50. The number of fused-ring (bicyclic) bond motifs is 6. The van der Waals surface area contributed by atoms with Crippen molar-refractivity contribution < 1.29 is 14.0 Å². The van der Waals surface area contributed by atoms with E-state index in [1.807, 2.05) is 0 Å². The first-order chi connectivity index (χ1) is 6.38. The molecule has 0 aromatic heterocycles. The Balaban J connectivity index is 2.00. The predicted octanol–water partition coefficient (Wildman–Crippen LogP) is -0.0423. The standard InChI is InChI=1S/C7H13BClNO3/c9-5-7-6-10-1-3-11-8(13-7)12-4-2-10/h7H,1-6H2. The molecule has 1 unspecified atom stereocenters. The molecule has 3 aliphatic rings. The first-order valence-electron chi connectivity index (χ1n) is 4.55. The predicted molar refractivity (Wildman–Crippen MR) is 49.7 cm³/mol. The van der Waals surface area contributed by atoms with Crippen molar-refractivity contribution in [3.63, 3.8) is 0 Å². The normalized spacial score (nSPS) is 35.3. The zero-order valence-electron chi connectivity index (χ0n) is 7.45. The zero-order valence-corrected chi connectivity index (χ0v) is 8.20. The highest BCUT2D eigenvalue weighted by Crippen LogP contribution is 2.10. The second-order valence-corrected chi connectivity index (χ2v) is 3.55. The quantitative estimate of drug-likeness (QED) is 0.444. The van der Waals surface area contributed by atoms with E-state index in [1.54, 1.807) is 0 Å². The Hall–Kier alpha value is 0.195. The molecule has 3 fully saturated rings. The van der Waals surface area contributed by atoms with Gasteiger partial charge in [0.25, 0.3) is 0 Å². The van der Waals surface area contributed by atoms with Gasteiger partial charge in [-0.05, 0) is 0 Å². The summed E-state index contributed by atoms with van der Waals surface area (Å²) in [5.74, 6) is 0.486. The van der Waals surface area contributed by atoms with Crippen LogP contribution in [0.15, 0.2) is 0 Å². The molecule has 13 heavy (non-hydrogen) atoms. The molecule has 0 spiro atoms. The third-order valence-corrected chi connectivity index (χ3v) is 2.60. The minimum atomic E-state index is -0.508. The molecule has 2 bridgehead atoms. The second-order valence-electron chi connectivity index (χ2n) is 3.24. The fraction of sp³-hybridized carbons (Fsp3) is 1.00. The summed E-state index contributed by atoms with van der Waals surface area (Å²) < 4.78 is 16.2. The Morgan fingerprint density at radius 3 is 2.62 bits per heavy atom. The highest BCUT2D eigenvalue weighted by atomic mass is 35.5. The summed E-state index contributed by atoms with van der Waals surface area (Å²) in [4.78, 5) is 2.25. The van der Waals surface area contributed by atoms with Crippen LogP contribution in [0.4, 0.5) is 0 Å². The van der Waals surface area contributed by atoms with Crippen LogP contribution in [0.25, 0.3) is 0 Å². The van der Waals surface area contributed by atoms with Crippen molar-refractivity contribution in [1.82, 2.24) is 4.90 Å². The highest BCUT2D eigenvalue weighted by Gasteiger charge is 2.32. The Labute approximate surface area is 83.2 Å². The van der Waals surface area contributed by atoms with E-state index in [2.05, 4.69) is 4.90 Å². The van der Waals surface area contributed by atoms with Crippen LogP contribution in [0, 0.1) is 0 Å². The topological polar surface area (TPSA) is 30.9 Å². The van der Waals surface area contributed by atoms with Gasteiger partial charge in [-0.15, -0.1) is 11.6 Å². The molecule has 0 radical (unpaired) electrons. The molecule has 1 atom stereocenters. The molecule has 3 rings (SSSR count). The number of alkyl halides is 1. The van der Waals surface area contributed by atoms with Crippen molar-refractivity contribution in [1.29, 1.82) is 0 Å². The van der Waals surface area contributed by atoms with Crippen LogP contribution in [0.1, 0.15) is 0 Å². The van der Waals surface area contributed by atoms with Crippen LogP contribution < -0.4 is 0 Å². The molecule has 3 aliphatic heterocycles. The van der Waals surface area contributed by atoms with Crippen LogP contribution in [-0.4, -0.2) is 57.1 Å². The first-order valence-corrected chi connectivity index (χ1v) is 5.09. The average molecular weight is 205 g/mol. The van der Waals surface area contributed by atoms with Crippen molar-refractivity contribution >= 4 is 18.9 Å². The first kappa shape index (κ1) is 9.74. The number of halogens is 1. The Morgan fingerprint density at radius 2 is 2.00 bits per heavy atom. The van der Waals surface area contributed by atoms with Crippen LogP contribution in [0.5, 0.6) is 0 Å². The fourth-order valence-corrected chi connectivity index (χ4v) is 1.72. The third kappa shape index (κ3) is 2.57. The zero-order chi connectivity index (χ0) is 9.10. The van der Waals surface area contributed by atoms with Gasteiger partial charge >= 0.3 is 7.32 Å². The van der Waals surface area contributed by atoms with Crippen molar-refractivity contribution in [2.45, 2.75) is 6.10 Å². The fourth-order valence-electron chi connectivity index (χ4n) is 1.55. The van der Waals surface area contributed by atoms with Gasteiger partial charge < -0.3 is 14.0 Å². The van der Waals surface area contributed by atoms with Gasteiger partial charge in [-0.2, -0.15) is 0 Å². The lowest BCUT2D eigenvalue weighted by molar-refractivity contribution is -0.0121. The van der Waals surface area contributed by atoms with Crippen molar-refractivity contribution in [3.05, 3.63) is 0 Å². The summed E-state index contributed by atoms with van der Waals surface area (Å²) >= 11 is 5.76. The lowest BCUT2D eigenvalue weighted by Gasteiger charge is -2.34. The summed E-state index contributed by atoms with van der Waals surface area (Å²) in [7, 11) is -0.508. The number of hydrogen-bond donors (Lipinski definition) is 0. The van der Waals surface area contributed by atoms with Crippen LogP contribution in [0.3, 0.4) is 0 Å². The molecule has 0 N–H and O–H groups in total. The van der Waals surface area contributed by atoms with Gasteiger partial charge in [0.2, 0.25) is 0 Å². The molecule has 6 heteroatoms. The van der Waals surface area contributed by atoms with Gasteiger partial charge in [-0.3, -0.25) is 4.90 Å². The molecular weight excluding hydrogens is 192 g/mol. The van der Waals surface area contributed by atoms with Crippen molar-refractivity contribution in [3.8, 4) is 0 Å². The minimum Gasteiger partial charge on any atom is -0.385 e. The summed E-state index contributed by atoms with van der Waals surface area (Å²) in [6.07, 6.45) is 0.0206. The van der Waals surface area contributed by atoms with Gasteiger partial charge in [-0.1, -0.05) is 0 Å². The molecule has 3 heterocycles. The maximum absolute atomic E-state index is 5.76. The van der Waals surface area contributed by atoms with Gasteiger partial charge in [-0.25, -0.2) is 0 Å². The largest absolute Gasteiger partial charge is 0.639 e. The molecule has 0 aliphatic carbocycles. The molecule has 0 aromatic rings. The Kier molecular flexibility index (Phi) is 3.46. The maximum atomic E-state index is 5.76. The average Bonchev–Trinajstić information content (AvgIpc) is 2.00. The molecule has 0 saturated carbocycles. The van der Waals surface area contributed by atoms with E-state index in [-0.39, 0.29) is 6.10 Å². The Morgan fingerprint density at radius 1 is 1.31 bits per heavy atom. The van der Waals surface area contributed by atoms with Gasteiger partial charge in [0, 0.05) is 38.7 Å². The summed E-state index contributed by atoms with van der Waals surface area (Å²) in [5.41, 5.74) is 0. The van der Waals surface area contributed by atoms with Gasteiger partial charge in [0.15, 0.2) is 0 Å². The van der Waals surface area contributed by atoms with E-state index in [1.165, 1.54) is 0 Å². The van der Waals surface area contributed by atoms with Gasteiger partial charge in [0.05, 0.1) is 6.10 Å². The van der Waals surface area contributed by atoms with E-state index in [9.17, 15) is 0 Å². The van der Waals surface area contributed by atoms with Crippen LogP contribution >= 0.6 is 11.6 Å². The minimum absolute atomic E-state index is 0.0206. The van der Waals surface area contributed by atoms with Crippen molar-refractivity contribution in [2.75, 3.05) is 38.7 Å². The van der Waals surface area contributed by atoms with E-state index >= 15 is 0 Å². The van der Waals surface area contributed by atoms with Crippen LogP contribution in [-0.2, 0) is 14.0 Å². The van der Waals surface area contributed by atoms with Gasteiger partial charge in [0.1, 0.15) is 0 Å². The Bertz CT molecular complexity index is 150. The molecular formula is C7H13BClNO3. The summed E-state index contributed by atoms with van der Waals surface area (Å²) in [5, 5.41) is 0. The van der Waals surface area contributed by atoms with E-state index < -0.39 is 7.32 Å². The van der Waals surface area contributed by atoms with E-state index in [0.29, 0.717) is 19.1 Å². The maximum Gasteiger partial charge on any atom is 0.639 e. The monoisotopic (exact) mass is 205 g/mol. The number of rotatable bonds is 1. The summed E-state index contributed by atoms with van der Waals surface area (Å²) in [6.45, 7) is 4.10. The molecule has 74 valence electrons.